The summed E-state index contributed by atoms with van der Waals surface area (Å²) in [4.78, 5) is 40.3. The van der Waals surface area contributed by atoms with E-state index in [0.717, 1.165) is 0 Å². The fourth-order valence-electron chi connectivity index (χ4n) is 1.47. The van der Waals surface area contributed by atoms with Gasteiger partial charge in [0.25, 0.3) is 11.5 Å². The quantitative estimate of drug-likeness (QED) is 0.751. The third-order valence-electron chi connectivity index (χ3n) is 2.36. The second kappa shape index (κ2) is 5.13. The summed E-state index contributed by atoms with van der Waals surface area (Å²) in [5.41, 5.74) is -0.734. The molecule has 0 bridgehead atoms. The Bertz CT molecular complexity index is 693. The molecule has 0 fully saturated rings. The molecule has 1 amide bonds. The smallest absolute Gasteiger partial charge is 0.337 e. The third-order valence-corrected chi connectivity index (χ3v) is 2.36. The fourth-order valence-corrected chi connectivity index (χ4v) is 1.47. The first-order valence-corrected chi connectivity index (χ1v) is 5.26. The normalized spacial score (nSPS) is 9.89. The van der Waals surface area contributed by atoms with Crippen molar-refractivity contribution >= 4 is 17.6 Å². The van der Waals surface area contributed by atoms with Crippen LogP contribution in [0.15, 0.2) is 41.6 Å². The third kappa shape index (κ3) is 2.65. The highest BCUT2D eigenvalue weighted by molar-refractivity contribution is 6.07. The Balaban J connectivity index is 2.33. The number of anilines is 1. The maximum atomic E-state index is 11.9. The predicted molar refractivity (Wildman–Crippen MR) is 66.2 cm³/mol. The number of rotatable bonds is 3. The van der Waals surface area contributed by atoms with Crippen LogP contribution >= 0.6 is 0 Å². The van der Waals surface area contributed by atoms with E-state index in [2.05, 4.69) is 15.3 Å². The van der Waals surface area contributed by atoms with Gasteiger partial charge in [0.15, 0.2) is 0 Å². The van der Waals surface area contributed by atoms with Crippen molar-refractivity contribution in [3.63, 3.8) is 0 Å². The van der Waals surface area contributed by atoms with E-state index in [1.165, 1.54) is 36.8 Å². The number of aromatic nitrogens is 2. The van der Waals surface area contributed by atoms with Crippen molar-refractivity contribution in [1.82, 2.24) is 9.97 Å². The second-order valence-corrected chi connectivity index (χ2v) is 3.59. The maximum absolute atomic E-state index is 11.9. The molecule has 2 heterocycles. The molecule has 96 valence electrons. The first-order chi connectivity index (χ1) is 9.09. The number of nitrogens with zero attached hydrogens (tertiary/aromatic N) is 1. The highest BCUT2D eigenvalue weighted by atomic mass is 16.4. The number of hydrogen-bond donors (Lipinski definition) is 3. The molecule has 0 saturated heterocycles. The minimum Gasteiger partial charge on any atom is -0.478 e. The summed E-state index contributed by atoms with van der Waals surface area (Å²) in [7, 11) is 0. The topological polar surface area (TPSA) is 112 Å². The fraction of sp³-hybridized carbons (Fsp3) is 0. The van der Waals surface area contributed by atoms with Gasteiger partial charge < -0.3 is 15.4 Å². The summed E-state index contributed by atoms with van der Waals surface area (Å²) in [5.74, 6) is -1.89. The second-order valence-electron chi connectivity index (χ2n) is 3.59. The molecule has 0 spiro atoms. The molecule has 0 saturated carbocycles. The molecule has 2 aromatic rings. The number of aromatic amines is 1. The van der Waals surface area contributed by atoms with Gasteiger partial charge in [-0.1, -0.05) is 0 Å². The summed E-state index contributed by atoms with van der Waals surface area (Å²) in [6.45, 7) is 0. The molecule has 19 heavy (non-hydrogen) atoms. The summed E-state index contributed by atoms with van der Waals surface area (Å²) in [6, 6.07) is 4.09. The van der Waals surface area contributed by atoms with Gasteiger partial charge in [0, 0.05) is 12.4 Å². The van der Waals surface area contributed by atoms with Crippen LogP contribution in [-0.2, 0) is 0 Å². The largest absolute Gasteiger partial charge is 0.478 e. The molecule has 0 radical (unpaired) electrons. The van der Waals surface area contributed by atoms with Crippen molar-refractivity contribution in [3.8, 4) is 0 Å². The molecule has 7 heteroatoms. The number of carboxylic acids is 1. The number of carboxylic acid groups (broad SMARTS) is 1. The lowest BCUT2D eigenvalue weighted by Crippen LogP contribution is -2.23. The van der Waals surface area contributed by atoms with Gasteiger partial charge in [-0.25, -0.2) is 4.79 Å². The van der Waals surface area contributed by atoms with E-state index in [0.29, 0.717) is 0 Å². The van der Waals surface area contributed by atoms with Gasteiger partial charge in [-0.3, -0.25) is 14.6 Å². The van der Waals surface area contributed by atoms with Crippen LogP contribution in [0.2, 0.25) is 0 Å². The summed E-state index contributed by atoms with van der Waals surface area (Å²) in [6.07, 6.45) is 3.90. The molecule has 0 unspecified atom stereocenters. The summed E-state index contributed by atoms with van der Waals surface area (Å²) >= 11 is 0. The molecule has 0 aliphatic heterocycles. The van der Waals surface area contributed by atoms with Crippen LogP contribution in [-0.4, -0.2) is 27.0 Å². The molecule has 2 aromatic heterocycles. The number of hydrogen-bond acceptors (Lipinski definition) is 4. The van der Waals surface area contributed by atoms with Crippen LogP contribution in [0.1, 0.15) is 20.7 Å². The van der Waals surface area contributed by atoms with Gasteiger partial charge in [-0.15, -0.1) is 0 Å². The number of H-pyrrole nitrogens is 1. The van der Waals surface area contributed by atoms with E-state index in [1.54, 1.807) is 0 Å². The van der Waals surface area contributed by atoms with E-state index >= 15 is 0 Å². The van der Waals surface area contributed by atoms with Crippen molar-refractivity contribution in [1.29, 1.82) is 0 Å². The van der Waals surface area contributed by atoms with Crippen LogP contribution < -0.4 is 10.9 Å². The van der Waals surface area contributed by atoms with Crippen LogP contribution in [0.4, 0.5) is 5.69 Å². The van der Waals surface area contributed by atoms with E-state index in [9.17, 15) is 14.4 Å². The van der Waals surface area contributed by atoms with Crippen molar-refractivity contribution in [3.05, 3.63) is 58.3 Å². The van der Waals surface area contributed by atoms with Crippen molar-refractivity contribution < 1.29 is 14.7 Å². The van der Waals surface area contributed by atoms with Crippen molar-refractivity contribution in [2.75, 3.05) is 5.32 Å². The predicted octanol–water partition coefficient (Wildman–Crippen LogP) is 0.720. The Morgan fingerprint density at radius 1 is 1.26 bits per heavy atom. The first kappa shape index (κ1) is 12.5. The minimum absolute atomic E-state index is 0.0308. The molecular formula is C12H9N3O4. The molecule has 0 aromatic carbocycles. The Hall–Kier alpha value is -2.96. The van der Waals surface area contributed by atoms with Crippen LogP contribution in [0, 0.1) is 0 Å². The minimum atomic E-state index is -1.19. The van der Waals surface area contributed by atoms with E-state index in [1.807, 2.05) is 0 Å². The van der Waals surface area contributed by atoms with Crippen molar-refractivity contribution in [2.45, 2.75) is 0 Å². The Morgan fingerprint density at radius 3 is 2.74 bits per heavy atom. The van der Waals surface area contributed by atoms with Gasteiger partial charge in [0.1, 0.15) is 5.56 Å². The first-order valence-electron chi connectivity index (χ1n) is 5.26. The molecule has 0 atom stereocenters. The summed E-state index contributed by atoms with van der Waals surface area (Å²) < 4.78 is 0. The zero-order chi connectivity index (χ0) is 13.8. The van der Waals surface area contributed by atoms with Crippen LogP contribution in [0.5, 0.6) is 0 Å². The highest BCUT2D eigenvalue weighted by Crippen LogP contribution is 2.13. The number of pyridine rings is 2. The highest BCUT2D eigenvalue weighted by Gasteiger charge is 2.15. The molecular weight excluding hydrogens is 250 g/mol. The maximum Gasteiger partial charge on any atom is 0.337 e. The molecule has 3 N–H and O–H groups in total. The van der Waals surface area contributed by atoms with Crippen LogP contribution in [0.3, 0.4) is 0 Å². The molecule has 0 aliphatic carbocycles. The number of carbonyl (C=O) groups excluding carboxylic acids is 1. The lowest BCUT2D eigenvalue weighted by molar-refractivity contribution is 0.0698. The lowest BCUT2D eigenvalue weighted by Gasteiger charge is -2.06. The van der Waals surface area contributed by atoms with E-state index in [-0.39, 0.29) is 16.8 Å². The average molecular weight is 259 g/mol. The monoisotopic (exact) mass is 259 g/mol. The molecule has 0 aliphatic rings. The Morgan fingerprint density at radius 2 is 2.05 bits per heavy atom. The number of carbonyl (C=O) groups is 2. The zero-order valence-corrected chi connectivity index (χ0v) is 9.58. The van der Waals surface area contributed by atoms with Gasteiger partial charge in [-0.2, -0.15) is 0 Å². The SMILES string of the molecule is O=C(O)c1ccncc1NC(=O)c1ccc[nH]c1=O. The standard InChI is InChI=1S/C12H9N3O4/c16-10-8(2-1-4-14-10)11(17)15-9-6-13-5-3-7(9)12(18)19/h1-6H,(H,14,16)(H,15,17)(H,18,19). The Labute approximate surface area is 106 Å². The van der Waals surface area contributed by atoms with E-state index < -0.39 is 17.4 Å². The number of amides is 1. The summed E-state index contributed by atoms with van der Waals surface area (Å²) in [5, 5.41) is 11.3. The van der Waals surface area contributed by atoms with Crippen LogP contribution in [0.25, 0.3) is 0 Å². The molecule has 7 nitrogen and oxygen atoms in total. The van der Waals surface area contributed by atoms with Gasteiger partial charge in [0.05, 0.1) is 17.4 Å². The lowest BCUT2D eigenvalue weighted by atomic mass is 10.2. The van der Waals surface area contributed by atoms with E-state index in [4.69, 9.17) is 5.11 Å². The van der Waals surface area contributed by atoms with Gasteiger partial charge in [-0.05, 0) is 18.2 Å². The Kier molecular flexibility index (Phi) is 3.37. The van der Waals surface area contributed by atoms with Gasteiger partial charge in [0.2, 0.25) is 0 Å². The average Bonchev–Trinajstić information content (AvgIpc) is 2.39. The number of aromatic carboxylic acids is 1. The van der Waals surface area contributed by atoms with Gasteiger partial charge >= 0.3 is 5.97 Å². The zero-order valence-electron chi connectivity index (χ0n) is 9.58. The number of nitrogens with one attached hydrogen (secondary N) is 2. The molecule has 2 rings (SSSR count). The van der Waals surface area contributed by atoms with Crippen molar-refractivity contribution in [2.24, 2.45) is 0 Å².